The molecular formula is C20H18N4O8S2. The van der Waals surface area contributed by atoms with Crippen LogP contribution in [-0.4, -0.2) is 26.7 Å². The van der Waals surface area contributed by atoms with Crippen LogP contribution in [-0.2, 0) is 33.1 Å². The van der Waals surface area contributed by atoms with Gasteiger partial charge in [0.25, 0.3) is 11.4 Å². The van der Waals surface area contributed by atoms with Crippen LogP contribution in [0.2, 0.25) is 0 Å². The second-order valence-corrected chi connectivity index (χ2v) is 10.5. The largest absolute Gasteiger partial charge is 0.269 e. The standard InChI is InChI=1S/C20H18N4O8S2/c25-23(26)17-5-9-19(10-6-17)33(29,30)21-13-15-3-1-2-4-16(15)14-22-34(31,32)20-11-7-18(8-12-20)24(27)28/h1-12,21-22H,13-14H2. The number of nitro groups is 2. The first-order chi connectivity index (χ1) is 16.0. The number of nitrogens with one attached hydrogen (secondary N) is 2. The number of hydrogen-bond donors (Lipinski definition) is 2. The number of nitro benzene ring substituents is 2. The van der Waals surface area contributed by atoms with Gasteiger partial charge in [-0.1, -0.05) is 24.3 Å². The van der Waals surface area contributed by atoms with Crippen LogP contribution < -0.4 is 9.44 Å². The number of benzene rings is 3. The van der Waals surface area contributed by atoms with Crippen LogP contribution in [0.15, 0.2) is 82.6 Å². The average molecular weight is 507 g/mol. The predicted octanol–water partition coefficient (Wildman–Crippen LogP) is 2.46. The van der Waals surface area contributed by atoms with Gasteiger partial charge in [-0.3, -0.25) is 20.2 Å². The molecule has 0 amide bonds. The van der Waals surface area contributed by atoms with E-state index in [9.17, 15) is 37.1 Å². The van der Waals surface area contributed by atoms with Gasteiger partial charge in [-0.05, 0) is 35.4 Å². The Morgan fingerprint density at radius 2 is 0.912 bits per heavy atom. The van der Waals surface area contributed by atoms with Gasteiger partial charge in [-0.15, -0.1) is 0 Å². The van der Waals surface area contributed by atoms with Crippen molar-refractivity contribution >= 4 is 31.4 Å². The van der Waals surface area contributed by atoms with Gasteiger partial charge in [0.15, 0.2) is 0 Å². The normalized spacial score (nSPS) is 11.8. The number of nitrogens with zero attached hydrogens (tertiary/aromatic N) is 2. The van der Waals surface area contributed by atoms with Crippen molar-refractivity contribution < 1.29 is 26.7 Å². The van der Waals surface area contributed by atoms with E-state index in [-0.39, 0.29) is 34.3 Å². The summed E-state index contributed by atoms with van der Waals surface area (Å²) in [6.07, 6.45) is 0. The molecule has 0 heterocycles. The Bertz CT molecular complexity index is 1310. The minimum Gasteiger partial charge on any atom is -0.258 e. The molecule has 12 nitrogen and oxygen atoms in total. The summed E-state index contributed by atoms with van der Waals surface area (Å²) in [5.41, 5.74) is 0.507. The Labute approximate surface area is 194 Å². The van der Waals surface area contributed by atoms with E-state index in [2.05, 4.69) is 9.44 Å². The van der Waals surface area contributed by atoms with E-state index in [1.807, 2.05) is 0 Å². The van der Waals surface area contributed by atoms with Crippen LogP contribution in [0, 0.1) is 20.2 Å². The van der Waals surface area contributed by atoms with Crippen LogP contribution in [0.25, 0.3) is 0 Å². The molecule has 0 aliphatic carbocycles. The van der Waals surface area contributed by atoms with Crippen molar-refractivity contribution in [2.24, 2.45) is 0 Å². The van der Waals surface area contributed by atoms with Crippen LogP contribution >= 0.6 is 0 Å². The van der Waals surface area contributed by atoms with Gasteiger partial charge in [0.2, 0.25) is 20.0 Å². The molecule has 0 fully saturated rings. The van der Waals surface area contributed by atoms with Gasteiger partial charge in [0, 0.05) is 37.4 Å². The van der Waals surface area contributed by atoms with Gasteiger partial charge in [0.05, 0.1) is 19.6 Å². The topological polar surface area (TPSA) is 179 Å². The summed E-state index contributed by atoms with van der Waals surface area (Å²) in [7, 11) is -7.96. The van der Waals surface area contributed by atoms with Crippen molar-refractivity contribution in [2.75, 3.05) is 0 Å². The van der Waals surface area contributed by atoms with E-state index in [4.69, 9.17) is 0 Å². The molecule has 3 aromatic carbocycles. The lowest BCUT2D eigenvalue weighted by Crippen LogP contribution is -2.26. The summed E-state index contributed by atoms with van der Waals surface area (Å²) in [5.74, 6) is 0. The first kappa shape index (κ1) is 24.9. The minimum absolute atomic E-state index is 0.158. The summed E-state index contributed by atoms with van der Waals surface area (Å²) in [6.45, 7) is -0.316. The van der Waals surface area contributed by atoms with Crippen molar-refractivity contribution in [1.29, 1.82) is 0 Å². The summed E-state index contributed by atoms with van der Waals surface area (Å²) in [5, 5.41) is 21.5. The van der Waals surface area contributed by atoms with Crippen molar-refractivity contribution in [2.45, 2.75) is 22.9 Å². The Balaban J connectivity index is 1.71. The molecule has 0 aliphatic rings. The Morgan fingerprint density at radius 3 is 1.21 bits per heavy atom. The molecule has 0 saturated heterocycles. The lowest BCUT2D eigenvalue weighted by Gasteiger charge is -2.12. The fourth-order valence-corrected chi connectivity index (χ4v) is 4.92. The van der Waals surface area contributed by atoms with Crippen molar-refractivity contribution in [3.8, 4) is 0 Å². The maximum atomic E-state index is 12.5. The molecule has 3 rings (SSSR count). The van der Waals surface area contributed by atoms with Crippen molar-refractivity contribution in [3.63, 3.8) is 0 Å². The lowest BCUT2D eigenvalue weighted by molar-refractivity contribution is -0.385. The molecule has 0 bridgehead atoms. The number of hydrogen-bond acceptors (Lipinski definition) is 8. The van der Waals surface area contributed by atoms with Crippen LogP contribution in [0.3, 0.4) is 0 Å². The molecule has 0 atom stereocenters. The van der Waals surface area contributed by atoms with Crippen molar-refractivity contribution in [1.82, 2.24) is 9.44 Å². The molecule has 2 N–H and O–H groups in total. The average Bonchev–Trinajstić information content (AvgIpc) is 2.82. The lowest BCUT2D eigenvalue weighted by atomic mass is 10.1. The predicted molar refractivity (Wildman–Crippen MR) is 121 cm³/mol. The number of rotatable bonds is 10. The highest BCUT2D eigenvalue weighted by atomic mass is 32.2. The maximum absolute atomic E-state index is 12.5. The van der Waals surface area contributed by atoms with Gasteiger partial charge < -0.3 is 0 Å². The minimum atomic E-state index is -3.98. The number of non-ortho nitro benzene ring substituents is 2. The summed E-state index contributed by atoms with van der Waals surface area (Å²) < 4.78 is 54.9. The molecular weight excluding hydrogens is 488 g/mol. The zero-order valence-corrected chi connectivity index (χ0v) is 19.0. The van der Waals surface area contributed by atoms with Gasteiger partial charge >= 0.3 is 0 Å². The van der Waals surface area contributed by atoms with Crippen LogP contribution in [0.1, 0.15) is 11.1 Å². The second kappa shape index (κ2) is 10.0. The fraction of sp³-hybridized carbons (Fsp3) is 0.100. The molecule has 0 aliphatic heterocycles. The zero-order valence-electron chi connectivity index (χ0n) is 17.3. The zero-order chi connectivity index (χ0) is 24.9. The molecule has 178 valence electrons. The molecule has 0 unspecified atom stereocenters. The van der Waals surface area contributed by atoms with Crippen LogP contribution in [0.4, 0.5) is 11.4 Å². The highest BCUT2D eigenvalue weighted by molar-refractivity contribution is 7.89. The van der Waals surface area contributed by atoms with Crippen LogP contribution in [0.5, 0.6) is 0 Å². The SMILES string of the molecule is O=[N+]([O-])c1ccc(S(=O)(=O)NCc2ccccc2CNS(=O)(=O)c2ccc([N+](=O)[O-])cc2)cc1. The monoisotopic (exact) mass is 506 g/mol. The maximum Gasteiger partial charge on any atom is 0.269 e. The van der Waals surface area contributed by atoms with E-state index >= 15 is 0 Å². The Kier molecular flexibility index (Phi) is 7.36. The highest BCUT2D eigenvalue weighted by Crippen LogP contribution is 2.18. The third-order valence-electron chi connectivity index (χ3n) is 4.74. The summed E-state index contributed by atoms with van der Waals surface area (Å²) in [4.78, 5) is 19.9. The molecule has 0 radical (unpaired) electrons. The highest BCUT2D eigenvalue weighted by Gasteiger charge is 2.18. The molecule has 34 heavy (non-hydrogen) atoms. The van der Waals surface area contributed by atoms with E-state index in [1.54, 1.807) is 24.3 Å². The second-order valence-electron chi connectivity index (χ2n) is 6.92. The summed E-state index contributed by atoms with van der Waals surface area (Å²) >= 11 is 0. The van der Waals surface area contributed by atoms with E-state index in [0.29, 0.717) is 11.1 Å². The third kappa shape index (κ3) is 5.99. The van der Waals surface area contributed by atoms with E-state index in [1.165, 1.54) is 0 Å². The molecule has 14 heteroatoms. The van der Waals surface area contributed by atoms with Gasteiger partial charge in [0.1, 0.15) is 0 Å². The Morgan fingerprint density at radius 1 is 0.588 bits per heavy atom. The molecule has 0 saturated carbocycles. The molecule has 3 aromatic rings. The quantitative estimate of drug-likeness (QED) is 0.311. The Hall–Kier alpha value is -3.72. The summed E-state index contributed by atoms with van der Waals surface area (Å²) in [6, 6.07) is 15.3. The van der Waals surface area contributed by atoms with Gasteiger partial charge in [-0.25, -0.2) is 26.3 Å². The first-order valence-corrected chi connectivity index (χ1v) is 12.5. The van der Waals surface area contributed by atoms with Gasteiger partial charge in [-0.2, -0.15) is 0 Å². The number of sulfonamides is 2. The first-order valence-electron chi connectivity index (χ1n) is 9.54. The molecule has 0 aromatic heterocycles. The third-order valence-corrected chi connectivity index (χ3v) is 7.57. The van der Waals surface area contributed by atoms with E-state index < -0.39 is 29.9 Å². The smallest absolute Gasteiger partial charge is 0.258 e. The van der Waals surface area contributed by atoms with Crippen molar-refractivity contribution in [3.05, 3.63) is 104 Å². The fourth-order valence-electron chi connectivity index (χ4n) is 2.91. The van der Waals surface area contributed by atoms with E-state index in [0.717, 1.165) is 48.5 Å². The molecule has 0 spiro atoms.